The van der Waals surface area contributed by atoms with Crippen LogP contribution in [-0.2, 0) is 9.53 Å². The number of hydrogen-bond donors (Lipinski definition) is 1. The van der Waals surface area contributed by atoms with Crippen molar-refractivity contribution in [1.82, 2.24) is 10.2 Å². The summed E-state index contributed by atoms with van der Waals surface area (Å²) in [6.45, 7) is 8.53. The fourth-order valence-electron chi connectivity index (χ4n) is 2.10. The molecule has 0 aromatic heterocycles. The lowest BCUT2D eigenvalue weighted by Gasteiger charge is -2.32. The van der Waals surface area contributed by atoms with Crippen LogP contribution in [0.5, 0.6) is 0 Å². The van der Waals surface area contributed by atoms with Gasteiger partial charge in [-0.2, -0.15) is 0 Å². The summed E-state index contributed by atoms with van der Waals surface area (Å²) < 4.78 is 4.88. The lowest BCUT2D eigenvalue weighted by atomic mass is 10.0. The molecule has 17 heavy (non-hydrogen) atoms. The van der Waals surface area contributed by atoms with Gasteiger partial charge in [-0.25, -0.2) is 4.79 Å². The third kappa shape index (κ3) is 4.88. The molecule has 98 valence electrons. The highest BCUT2D eigenvalue weighted by Gasteiger charge is 2.18. The van der Waals surface area contributed by atoms with Crippen molar-refractivity contribution in [1.29, 1.82) is 0 Å². The number of likely N-dealkylation sites (N-methyl/N-ethyl adjacent to an activating group) is 1. The van der Waals surface area contributed by atoms with E-state index in [-0.39, 0.29) is 5.97 Å². The van der Waals surface area contributed by atoms with Gasteiger partial charge in [-0.3, -0.25) is 0 Å². The molecule has 0 aromatic rings. The maximum absolute atomic E-state index is 11.3. The van der Waals surface area contributed by atoms with E-state index >= 15 is 0 Å². The number of esters is 1. The number of nitrogens with one attached hydrogen (secondary N) is 1. The molecule has 0 saturated carbocycles. The Balaban J connectivity index is 2.18. The summed E-state index contributed by atoms with van der Waals surface area (Å²) >= 11 is 0. The molecule has 0 radical (unpaired) electrons. The molecular formula is C13H24N2O2. The first-order valence-electron chi connectivity index (χ1n) is 6.41. The van der Waals surface area contributed by atoms with Crippen LogP contribution in [0, 0.1) is 0 Å². The Morgan fingerprint density at radius 3 is 2.94 bits per heavy atom. The minimum atomic E-state index is -0.294. The highest BCUT2D eigenvalue weighted by Crippen LogP contribution is 2.13. The van der Waals surface area contributed by atoms with E-state index in [9.17, 15) is 4.79 Å². The number of rotatable bonds is 6. The molecule has 4 heteroatoms. The monoisotopic (exact) mass is 240 g/mol. The minimum absolute atomic E-state index is 0.294. The first-order chi connectivity index (χ1) is 8.15. The van der Waals surface area contributed by atoms with Gasteiger partial charge in [0, 0.05) is 24.7 Å². The Hall–Kier alpha value is -0.870. The van der Waals surface area contributed by atoms with E-state index in [1.165, 1.54) is 25.8 Å². The molecule has 0 amide bonds. The molecule has 0 aromatic carbocycles. The largest absolute Gasteiger partial charge is 0.463 e. The summed E-state index contributed by atoms with van der Waals surface area (Å²) in [6.07, 6.45) is 3.83. The molecule has 1 aliphatic rings. The van der Waals surface area contributed by atoms with Gasteiger partial charge in [-0.05, 0) is 33.4 Å². The zero-order valence-corrected chi connectivity index (χ0v) is 11.0. The molecule has 1 aliphatic heterocycles. The Kier molecular flexibility index (Phi) is 6.22. The number of likely N-dealkylation sites (tertiary alicyclic amines) is 1. The average Bonchev–Trinajstić information content (AvgIpc) is 2.31. The average molecular weight is 240 g/mol. The second-order valence-electron chi connectivity index (χ2n) is 4.59. The van der Waals surface area contributed by atoms with Crippen molar-refractivity contribution in [3.63, 3.8) is 0 Å². The van der Waals surface area contributed by atoms with Gasteiger partial charge in [0.1, 0.15) is 0 Å². The number of hydrogen-bond acceptors (Lipinski definition) is 4. The summed E-state index contributed by atoms with van der Waals surface area (Å²) in [5.41, 5.74) is 0.505. The van der Waals surface area contributed by atoms with E-state index in [4.69, 9.17) is 4.74 Å². The van der Waals surface area contributed by atoms with Crippen LogP contribution >= 0.6 is 0 Å². The van der Waals surface area contributed by atoms with Crippen molar-refractivity contribution in [2.75, 3.05) is 33.3 Å². The molecule has 1 heterocycles. The standard InChI is InChI=1S/C13H24N2O2/c1-4-17-13(16)11(2)9-14-10-12-7-5-6-8-15(12)3/h12,14H,2,4-10H2,1,3H3. The van der Waals surface area contributed by atoms with E-state index in [2.05, 4.69) is 23.8 Å². The minimum Gasteiger partial charge on any atom is -0.463 e. The topological polar surface area (TPSA) is 41.6 Å². The first kappa shape index (κ1) is 14.2. The highest BCUT2D eigenvalue weighted by atomic mass is 16.5. The van der Waals surface area contributed by atoms with E-state index in [0.29, 0.717) is 24.8 Å². The Bertz CT molecular complexity index is 266. The van der Waals surface area contributed by atoms with Gasteiger partial charge in [0.25, 0.3) is 0 Å². The van der Waals surface area contributed by atoms with Crippen LogP contribution in [0.2, 0.25) is 0 Å². The van der Waals surface area contributed by atoms with Gasteiger partial charge in [0.15, 0.2) is 0 Å². The number of ether oxygens (including phenoxy) is 1. The zero-order chi connectivity index (χ0) is 12.7. The Morgan fingerprint density at radius 2 is 2.29 bits per heavy atom. The molecule has 1 N–H and O–H groups in total. The summed E-state index contributed by atoms with van der Waals surface area (Å²) in [5, 5.41) is 3.28. The summed E-state index contributed by atoms with van der Waals surface area (Å²) in [4.78, 5) is 13.7. The smallest absolute Gasteiger partial charge is 0.334 e. The summed E-state index contributed by atoms with van der Waals surface area (Å²) in [7, 11) is 2.16. The number of nitrogens with zero attached hydrogens (tertiary/aromatic N) is 1. The molecule has 0 bridgehead atoms. The van der Waals surface area contributed by atoms with Gasteiger partial charge in [-0.1, -0.05) is 13.0 Å². The summed E-state index contributed by atoms with van der Waals surface area (Å²) in [6, 6.07) is 0.582. The molecule has 1 fully saturated rings. The van der Waals surface area contributed by atoms with Gasteiger partial charge >= 0.3 is 5.97 Å². The Morgan fingerprint density at radius 1 is 1.53 bits per heavy atom. The highest BCUT2D eigenvalue weighted by molar-refractivity contribution is 5.88. The van der Waals surface area contributed by atoms with Crippen molar-refractivity contribution >= 4 is 5.97 Å². The number of piperidine rings is 1. The molecular weight excluding hydrogens is 216 g/mol. The first-order valence-corrected chi connectivity index (χ1v) is 6.41. The molecule has 1 unspecified atom stereocenters. The summed E-state index contributed by atoms with van der Waals surface area (Å²) in [5.74, 6) is -0.294. The van der Waals surface area contributed by atoms with Gasteiger partial charge in [-0.15, -0.1) is 0 Å². The molecule has 4 nitrogen and oxygen atoms in total. The van der Waals surface area contributed by atoms with Crippen LogP contribution in [0.25, 0.3) is 0 Å². The predicted molar refractivity (Wildman–Crippen MR) is 68.9 cm³/mol. The lowest BCUT2D eigenvalue weighted by molar-refractivity contribution is -0.138. The van der Waals surface area contributed by atoms with E-state index < -0.39 is 0 Å². The lowest BCUT2D eigenvalue weighted by Crippen LogP contribution is -2.43. The second-order valence-corrected chi connectivity index (χ2v) is 4.59. The van der Waals surface area contributed by atoms with Crippen LogP contribution in [0.15, 0.2) is 12.2 Å². The van der Waals surface area contributed by atoms with Crippen LogP contribution in [0.1, 0.15) is 26.2 Å². The van der Waals surface area contributed by atoms with E-state index in [1.807, 2.05) is 0 Å². The van der Waals surface area contributed by atoms with Crippen molar-refractivity contribution in [3.8, 4) is 0 Å². The SMILES string of the molecule is C=C(CNCC1CCCCN1C)C(=O)OCC. The van der Waals surface area contributed by atoms with Crippen molar-refractivity contribution < 1.29 is 9.53 Å². The maximum atomic E-state index is 11.3. The van der Waals surface area contributed by atoms with Crippen molar-refractivity contribution in [3.05, 3.63) is 12.2 Å². The normalized spacial score (nSPS) is 21.2. The van der Waals surface area contributed by atoms with Crippen LogP contribution in [-0.4, -0.2) is 50.2 Å². The fourth-order valence-corrected chi connectivity index (χ4v) is 2.10. The Labute approximate surface area is 104 Å². The van der Waals surface area contributed by atoms with Crippen LogP contribution < -0.4 is 5.32 Å². The molecule has 1 rings (SSSR count). The molecule has 1 atom stereocenters. The third-order valence-electron chi connectivity index (χ3n) is 3.20. The van der Waals surface area contributed by atoms with Gasteiger partial charge < -0.3 is 15.0 Å². The number of carbonyl (C=O) groups excluding carboxylic acids is 1. The number of carbonyl (C=O) groups is 1. The third-order valence-corrected chi connectivity index (χ3v) is 3.20. The van der Waals surface area contributed by atoms with Crippen molar-refractivity contribution in [2.45, 2.75) is 32.2 Å². The second kappa shape index (κ2) is 7.45. The van der Waals surface area contributed by atoms with Crippen molar-refractivity contribution in [2.24, 2.45) is 0 Å². The van der Waals surface area contributed by atoms with Gasteiger partial charge in [0.2, 0.25) is 0 Å². The molecule has 0 aliphatic carbocycles. The van der Waals surface area contributed by atoms with Crippen LogP contribution in [0.4, 0.5) is 0 Å². The molecule has 1 saturated heterocycles. The molecule has 0 spiro atoms. The predicted octanol–water partition coefficient (Wildman–Crippen LogP) is 1.18. The maximum Gasteiger partial charge on any atom is 0.334 e. The van der Waals surface area contributed by atoms with E-state index in [1.54, 1.807) is 6.92 Å². The van der Waals surface area contributed by atoms with E-state index in [0.717, 1.165) is 6.54 Å². The zero-order valence-electron chi connectivity index (χ0n) is 11.0. The van der Waals surface area contributed by atoms with Crippen LogP contribution in [0.3, 0.4) is 0 Å². The quantitative estimate of drug-likeness (QED) is 0.559. The fraction of sp³-hybridized carbons (Fsp3) is 0.769. The van der Waals surface area contributed by atoms with Gasteiger partial charge in [0.05, 0.1) is 6.61 Å².